The predicted octanol–water partition coefficient (Wildman–Crippen LogP) is 1.57. The molecular weight excluding hydrogens is 250 g/mol. The molecule has 0 bridgehead atoms. The monoisotopic (exact) mass is 275 g/mol. The second-order valence-electron chi connectivity index (χ2n) is 5.88. The molecule has 2 unspecified atom stereocenters. The Labute approximate surface area is 121 Å². The van der Waals surface area contributed by atoms with Crippen molar-refractivity contribution in [1.82, 2.24) is 5.32 Å². The van der Waals surface area contributed by atoms with Gasteiger partial charge in [-0.3, -0.25) is 0 Å². The molecule has 1 N–H and O–H groups in total. The van der Waals surface area contributed by atoms with Crippen LogP contribution in [0.2, 0.25) is 0 Å². The normalized spacial score (nSPS) is 26.5. The summed E-state index contributed by atoms with van der Waals surface area (Å²) in [4.78, 5) is 4.87. The number of para-hydroxylation sites is 2. The highest BCUT2D eigenvalue weighted by Gasteiger charge is 2.28. The predicted molar refractivity (Wildman–Crippen MR) is 83.7 cm³/mol. The third-order valence-electron chi connectivity index (χ3n) is 4.64. The second kappa shape index (κ2) is 6.02. The lowest BCUT2D eigenvalue weighted by Crippen LogP contribution is -2.49. The number of ether oxygens (including phenoxy) is 1. The topological polar surface area (TPSA) is 27.7 Å². The summed E-state index contributed by atoms with van der Waals surface area (Å²) in [5, 5.41) is 3.46. The van der Waals surface area contributed by atoms with Gasteiger partial charge < -0.3 is 19.9 Å². The fraction of sp³-hybridized carbons (Fsp3) is 0.625. The van der Waals surface area contributed by atoms with Crippen LogP contribution in [0.25, 0.3) is 0 Å². The minimum Gasteiger partial charge on any atom is -0.381 e. The first-order chi connectivity index (χ1) is 9.79. The first kappa shape index (κ1) is 13.7. The number of benzene rings is 1. The molecule has 0 radical (unpaired) electrons. The molecule has 2 aliphatic heterocycles. The zero-order chi connectivity index (χ0) is 13.9. The number of anilines is 2. The minimum atomic E-state index is 0.574. The van der Waals surface area contributed by atoms with Crippen LogP contribution in [0, 0.1) is 5.92 Å². The number of nitrogens with zero attached hydrogens (tertiary/aromatic N) is 2. The molecular formula is C16H25N3O. The van der Waals surface area contributed by atoms with Crippen LogP contribution in [0.5, 0.6) is 0 Å². The molecule has 1 aromatic carbocycles. The Hall–Kier alpha value is -1.26. The average Bonchev–Trinajstić information content (AvgIpc) is 2.51. The molecule has 1 fully saturated rings. The Morgan fingerprint density at radius 3 is 2.85 bits per heavy atom. The van der Waals surface area contributed by atoms with Gasteiger partial charge in [0.15, 0.2) is 0 Å². The average molecular weight is 275 g/mol. The van der Waals surface area contributed by atoms with E-state index in [0.717, 1.165) is 39.3 Å². The summed E-state index contributed by atoms with van der Waals surface area (Å²) < 4.78 is 5.69. The third-order valence-corrected chi connectivity index (χ3v) is 4.64. The van der Waals surface area contributed by atoms with Gasteiger partial charge in [-0.25, -0.2) is 0 Å². The fourth-order valence-corrected chi connectivity index (χ4v) is 3.40. The number of fused-ring (bicyclic) bond motifs is 1. The highest BCUT2D eigenvalue weighted by Crippen LogP contribution is 2.32. The van der Waals surface area contributed by atoms with Crippen molar-refractivity contribution in [2.45, 2.75) is 12.5 Å². The summed E-state index contributed by atoms with van der Waals surface area (Å²) in [6, 6.07) is 9.30. The Morgan fingerprint density at radius 1 is 1.25 bits per heavy atom. The Morgan fingerprint density at radius 2 is 2.05 bits per heavy atom. The summed E-state index contributed by atoms with van der Waals surface area (Å²) in [5.74, 6) is 0.574. The highest BCUT2D eigenvalue weighted by atomic mass is 16.5. The molecule has 110 valence electrons. The van der Waals surface area contributed by atoms with E-state index in [4.69, 9.17) is 4.74 Å². The summed E-state index contributed by atoms with van der Waals surface area (Å²) in [7, 11) is 4.25. The van der Waals surface area contributed by atoms with Crippen molar-refractivity contribution < 1.29 is 4.74 Å². The van der Waals surface area contributed by atoms with Crippen LogP contribution in [-0.2, 0) is 4.74 Å². The standard InChI is InChI=1S/C16H25N3O/c1-17-14-7-10-20-12-13(14)11-19-9-8-18(2)15-5-3-4-6-16(15)19/h3-6,13-14,17H,7-12H2,1-2H3. The van der Waals surface area contributed by atoms with Gasteiger partial charge in [0.1, 0.15) is 0 Å². The largest absolute Gasteiger partial charge is 0.381 e. The van der Waals surface area contributed by atoms with Crippen molar-refractivity contribution in [2.75, 3.05) is 56.7 Å². The summed E-state index contributed by atoms with van der Waals surface area (Å²) in [5.41, 5.74) is 2.71. The van der Waals surface area contributed by atoms with Crippen LogP contribution in [0.1, 0.15) is 6.42 Å². The van der Waals surface area contributed by atoms with Crippen LogP contribution in [-0.4, -0.2) is 53.0 Å². The summed E-state index contributed by atoms with van der Waals surface area (Å²) >= 11 is 0. The molecule has 1 saturated heterocycles. The first-order valence-corrected chi connectivity index (χ1v) is 7.59. The molecule has 0 saturated carbocycles. The van der Waals surface area contributed by atoms with Crippen molar-refractivity contribution >= 4 is 11.4 Å². The van der Waals surface area contributed by atoms with Gasteiger partial charge in [0.25, 0.3) is 0 Å². The lowest BCUT2D eigenvalue weighted by atomic mass is 9.94. The van der Waals surface area contributed by atoms with Crippen LogP contribution in [0.4, 0.5) is 11.4 Å². The molecule has 2 heterocycles. The van der Waals surface area contributed by atoms with Gasteiger partial charge in [-0.1, -0.05) is 12.1 Å². The minimum absolute atomic E-state index is 0.574. The van der Waals surface area contributed by atoms with Crippen molar-refractivity contribution in [3.05, 3.63) is 24.3 Å². The van der Waals surface area contributed by atoms with Crippen LogP contribution >= 0.6 is 0 Å². The maximum absolute atomic E-state index is 5.69. The summed E-state index contributed by atoms with van der Waals surface area (Å²) in [6.07, 6.45) is 1.12. The van der Waals surface area contributed by atoms with Crippen LogP contribution in [0.15, 0.2) is 24.3 Å². The molecule has 20 heavy (non-hydrogen) atoms. The molecule has 2 atom stereocenters. The lowest BCUT2D eigenvalue weighted by Gasteiger charge is -2.41. The first-order valence-electron chi connectivity index (χ1n) is 7.59. The highest BCUT2D eigenvalue weighted by molar-refractivity contribution is 5.73. The van der Waals surface area contributed by atoms with Crippen LogP contribution < -0.4 is 15.1 Å². The molecule has 1 aromatic rings. The van der Waals surface area contributed by atoms with Crippen LogP contribution in [0.3, 0.4) is 0 Å². The van der Waals surface area contributed by atoms with E-state index in [0.29, 0.717) is 12.0 Å². The van der Waals surface area contributed by atoms with E-state index < -0.39 is 0 Å². The maximum Gasteiger partial charge on any atom is 0.0604 e. The number of rotatable bonds is 3. The van der Waals surface area contributed by atoms with Gasteiger partial charge in [0.2, 0.25) is 0 Å². The van der Waals surface area contributed by atoms with Gasteiger partial charge in [0, 0.05) is 45.2 Å². The van der Waals surface area contributed by atoms with Gasteiger partial charge in [-0.15, -0.1) is 0 Å². The molecule has 0 aliphatic carbocycles. The van der Waals surface area contributed by atoms with E-state index in [9.17, 15) is 0 Å². The molecule has 4 nitrogen and oxygen atoms in total. The molecule has 4 heteroatoms. The van der Waals surface area contributed by atoms with E-state index in [2.05, 4.69) is 53.5 Å². The number of hydrogen-bond acceptors (Lipinski definition) is 4. The zero-order valence-electron chi connectivity index (χ0n) is 12.5. The number of likely N-dealkylation sites (N-methyl/N-ethyl adjacent to an activating group) is 1. The third kappa shape index (κ3) is 2.63. The van der Waals surface area contributed by atoms with Gasteiger partial charge in [-0.2, -0.15) is 0 Å². The van der Waals surface area contributed by atoms with Crippen molar-refractivity contribution in [1.29, 1.82) is 0 Å². The number of nitrogens with one attached hydrogen (secondary N) is 1. The van der Waals surface area contributed by atoms with E-state index in [-0.39, 0.29) is 0 Å². The van der Waals surface area contributed by atoms with Gasteiger partial charge in [-0.05, 0) is 25.6 Å². The van der Waals surface area contributed by atoms with Crippen molar-refractivity contribution in [3.63, 3.8) is 0 Å². The van der Waals surface area contributed by atoms with Crippen molar-refractivity contribution in [3.8, 4) is 0 Å². The Bertz CT molecular complexity index is 451. The maximum atomic E-state index is 5.69. The Kier molecular flexibility index (Phi) is 4.13. The quantitative estimate of drug-likeness (QED) is 0.906. The lowest BCUT2D eigenvalue weighted by molar-refractivity contribution is 0.0367. The Balaban J connectivity index is 1.76. The molecule has 0 aromatic heterocycles. The smallest absolute Gasteiger partial charge is 0.0604 e. The fourth-order valence-electron chi connectivity index (χ4n) is 3.40. The van der Waals surface area contributed by atoms with Gasteiger partial charge >= 0.3 is 0 Å². The molecule has 2 aliphatic rings. The summed E-state index contributed by atoms with van der Waals surface area (Å²) in [6.45, 7) is 5.03. The van der Waals surface area contributed by atoms with E-state index in [1.54, 1.807) is 0 Å². The second-order valence-corrected chi connectivity index (χ2v) is 5.88. The zero-order valence-corrected chi connectivity index (χ0v) is 12.5. The molecule has 0 spiro atoms. The number of hydrogen-bond donors (Lipinski definition) is 1. The van der Waals surface area contributed by atoms with Gasteiger partial charge in [0.05, 0.1) is 18.0 Å². The van der Waals surface area contributed by atoms with E-state index in [1.165, 1.54) is 11.4 Å². The van der Waals surface area contributed by atoms with E-state index >= 15 is 0 Å². The molecule has 3 rings (SSSR count). The molecule has 0 amide bonds. The SMILES string of the molecule is CNC1CCOCC1CN1CCN(C)c2ccccc21. The van der Waals surface area contributed by atoms with Crippen molar-refractivity contribution in [2.24, 2.45) is 5.92 Å². The van der Waals surface area contributed by atoms with E-state index in [1.807, 2.05) is 0 Å².